The van der Waals surface area contributed by atoms with Crippen LogP contribution in [0.3, 0.4) is 0 Å². The summed E-state index contributed by atoms with van der Waals surface area (Å²) in [6, 6.07) is 18.1. The van der Waals surface area contributed by atoms with E-state index >= 15 is 0 Å². The summed E-state index contributed by atoms with van der Waals surface area (Å²) >= 11 is 1.21. The molecule has 7 nitrogen and oxygen atoms in total. The van der Waals surface area contributed by atoms with Gasteiger partial charge >= 0.3 is 0 Å². The fraction of sp³-hybridized carbons (Fsp3) is 0.143. The highest BCUT2D eigenvalue weighted by atomic mass is 32.2. The number of nitrogens with zero attached hydrogens (tertiary/aromatic N) is 3. The molecule has 1 unspecified atom stereocenters. The maximum absolute atomic E-state index is 13.2. The average Bonchev–Trinajstić information content (AvgIpc) is 3.13. The number of aromatic nitrogens is 3. The molecular formula is C21H18N4O3S. The summed E-state index contributed by atoms with van der Waals surface area (Å²) in [6.45, 7) is 3.52. The zero-order valence-electron chi connectivity index (χ0n) is 15.8. The van der Waals surface area contributed by atoms with Crippen molar-refractivity contribution in [2.75, 3.05) is 5.32 Å². The van der Waals surface area contributed by atoms with E-state index in [0.29, 0.717) is 27.4 Å². The minimum Gasteiger partial charge on any atom is -0.338 e. The molecule has 146 valence electrons. The van der Waals surface area contributed by atoms with Crippen LogP contribution in [0.25, 0.3) is 16.6 Å². The summed E-state index contributed by atoms with van der Waals surface area (Å²) in [6.07, 6.45) is 0. The molecule has 1 N–H and O–H groups in total. The number of hydrogen-bond donors (Lipinski definition) is 1. The lowest BCUT2D eigenvalue weighted by atomic mass is 10.2. The highest BCUT2D eigenvalue weighted by Crippen LogP contribution is 2.26. The standard InChI is InChI=1S/C21H18N4O3S/c1-13-12-18(28-24-13)23-19(26)14(2)29-21-22-17-11-7-6-10-16(17)20(27)25(21)15-8-4-3-5-9-15/h3-12,14H,1-2H3,(H,23,26). The molecule has 0 fully saturated rings. The maximum atomic E-state index is 13.2. The molecule has 4 rings (SSSR count). The number of carbonyl (C=O) groups excluding carboxylic acids is 1. The van der Waals surface area contributed by atoms with Crippen molar-refractivity contribution in [1.29, 1.82) is 0 Å². The van der Waals surface area contributed by atoms with Gasteiger partial charge in [-0.3, -0.25) is 19.5 Å². The van der Waals surface area contributed by atoms with E-state index in [9.17, 15) is 9.59 Å². The number of nitrogens with one attached hydrogen (secondary N) is 1. The van der Waals surface area contributed by atoms with E-state index in [1.54, 1.807) is 32.0 Å². The van der Waals surface area contributed by atoms with Gasteiger partial charge in [-0.15, -0.1) is 0 Å². The lowest BCUT2D eigenvalue weighted by Gasteiger charge is -2.16. The first-order chi connectivity index (χ1) is 14.0. The van der Waals surface area contributed by atoms with Gasteiger partial charge in [0.2, 0.25) is 11.8 Å². The Bertz CT molecular complexity index is 1230. The van der Waals surface area contributed by atoms with E-state index in [1.807, 2.05) is 42.5 Å². The zero-order chi connectivity index (χ0) is 20.4. The Morgan fingerprint density at radius 1 is 1.14 bits per heavy atom. The molecular weight excluding hydrogens is 388 g/mol. The molecule has 29 heavy (non-hydrogen) atoms. The van der Waals surface area contributed by atoms with Crippen molar-refractivity contribution >= 4 is 34.5 Å². The molecule has 2 aromatic heterocycles. The summed E-state index contributed by atoms with van der Waals surface area (Å²) in [5, 5.41) is 6.89. The Kier molecular flexibility index (Phi) is 5.18. The van der Waals surface area contributed by atoms with Crippen LogP contribution in [0.2, 0.25) is 0 Å². The molecule has 0 spiro atoms. The van der Waals surface area contributed by atoms with Gasteiger partial charge in [0.25, 0.3) is 5.56 Å². The van der Waals surface area contributed by atoms with Crippen molar-refractivity contribution in [2.24, 2.45) is 0 Å². The van der Waals surface area contributed by atoms with Crippen LogP contribution in [-0.2, 0) is 4.79 Å². The summed E-state index contributed by atoms with van der Waals surface area (Å²) in [7, 11) is 0. The highest BCUT2D eigenvalue weighted by molar-refractivity contribution is 8.00. The number of rotatable bonds is 5. The molecule has 0 bridgehead atoms. The van der Waals surface area contributed by atoms with Crippen LogP contribution in [0.15, 0.2) is 75.1 Å². The van der Waals surface area contributed by atoms with Crippen molar-refractivity contribution in [3.8, 4) is 5.69 Å². The lowest BCUT2D eigenvalue weighted by molar-refractivity contribution is -0.115. The van der Waals surface area contributed by atoms with E-state index in [-0.39, 0.29) is 17.4 Å². The zero-order valence-corrected chi connectivity index (χ0v) is 16.6. The third kappa shape index (κ3) is 3.93. The third-order valence-corrected chi connectivity index (χ3v) is 5.34. The van der Waals surface area contributed by atoms with E-state index in [4.69, 9.17) is 4.52 Å². The quantitative estimate of drug-likeness (QED) is 0.400. The van der Waals surface area contributed by atoms with Crippen molar-refractivity contribution in [3.05, 3.63) is 76.7 Å². The number of thioether (sulfide) groups is 1. The summed E-state index contributed by atoms with van der Waals surface area (Å²) in [4.78, 5) is 30.4. The molecule has 0 aliphatic carbocycles. The molecule has 2 heterocycles. The molecule has 0 saturated heterocycles. The van der Waals surface area contributed by atoms with Crippen LogP contribution in [0.5, 0.6) is 0 Å². The topological polar surface area (TPSA) is 90.0 Å². The van der Waals surface area contributed by atoms with E-state index in [0.717, 1.165) is 0 Å². The largest absolute Gasteiger partial charge is 0.338 e. The van der Waals surface area contributed by atoms with Gasteiger partial charge in [0.15, 0.2) is 5.16 Å². The van der Waals surface area contributed by atoms with Crippen LogP contribution in [0.4, 0.5) is 5.88 Å². The number of benzene rings is 2. The first kappa shape index (κ1) is 18.9. The van der Waals surface area contributed by atoms with Crippen LogP contribution < -0.4 is 10.9 Å². The Morgan fingerprint density at radius 3 is 2.59 bits per heavy atom. The predicted octanol–water partition coefficient (Wildman–Crippen LogP) is 3.80. The Balaban J connectivity index is 1.72. The van der Waals surface area contributed by atoms with Crippen molar-refractivity contribution < 1.29 is 9.32 Å². The molecule has 0 saturated carbocycles. The highest BCUT2D eigenvalue weighted by Gasteiger charge is 2.21. The molecule has 0 aliphatic rings. The number of fused-ring (bicyclic) bond motifs is 1. The smallest absolute Gasteiger partial charge is 0.266 e. The SMILES string of the molecule is Cc1cc(NC(=O)C(C)Sc2nc3ccccc3c(=O)n2-c2ccccc2)on1. The Morgan fingerprint density at radius 2 is 1.86 bits per heavy atom. The normalized spacial score (nSPS) is 12.1. The third-order valence-electron chi connectivity index (χ3n) is 4.29. The first-order valence-corrected chi connectivity index (χ1v) is 9.89. The van der Waals surface area contributed by atoms with Crippen molar-refractivity contribution in [2.45, 2.75) is 24.3 Å². The second-order valence-corrected chi connectivity index (χ2v) is 7.78. The molecule has 0 aliphatic heterocycles. The van der Waals surface area contributed by atoms with Crippen LogP contribution >= 0.6 is 11.8 Å². The monoisotopic (exact) mass is 406 g/mol. The molecule has 1 atom stereocenters. The van der Waals surface area contributed by atoms with Crippen LogP contribution in [0, 0.1) is 6.92 Å². The summed E-state index contributed by atoms with van der Waals surface area (Å²) in [5.41, 5.74) is 1.78. The number of carbonyl (C=O) groups is 1. The summed E-state index contributed by atoms with van der Waals surface area (Å²) < 4.78 is 6.58. The van der Waals surface area contributed by atoms with Gasteiger partial charge in [-0.2, -0.15) is 0 Å². The minimum atomic E-state index is -0.525. The lowest BCUT2D eigenvalue weighted by Crippen LogP contribution is -2.26. The number of para-hydroxylation sites is 2. The second kappa shape index (κ2) is 7.92. The van der Waals surface area contributed by atoms with Crippen molar-refractivity contribution in [1.82, 2.24) is 14.7 Å². The van der Waals surface area contributed by atoms with Gasteiger partial charge < -0.3 is 4.52 Å². The van der Waals surface area contributed by atoms with E-state index < -0.39 is 5.25 Å². The van der Waals surface area contributed by atoms with Crippen molar-refractivity contribution in [3.63, 3.8) is 0 Å². The molecule has 4 aromatic rings. The molecule has 8 heteroatoms. The number of aryl methyl sites for hydroxylation is 1. The van der Waals surface area contributed by atoms with Gasteiger partial charge in [0.1, 0.15) is 0 Å². The first-order valence-electron chi connectivity index (χ1n) is 9.01. The molecule has 0 radical (unpaired) electrons. The van der Waals surface area contributed by atoms with E-state index in [2.05, 4.69) is 15.5 Å². The Hall–Kier alpha value is -3.39. The van der Waals surface area contributed by atoms with E-state index in [1.165, 1.54) is 16.3 Å². The minimum absolute atomic E-state index is 0.178. The Labute approximate surface area is 170 Å². The fourth-order valence-electron chi connectivity index (χ4n) is 2.85. The maximum Gasteiger partial charge on any atom is 0.266 e. The fourth-order valence-corrected chi connectivity index (χ4v) is 3.78. The van der Waals surface area contributed by atoms with Gasteiger partial charge in [-0.05, 0) is 38.1 Å². The summed E-state index contributed by atoms with van der Waals surface area (Å²) in [5.74, 6) is 0.0139. The number of anilines is 1. The number of amides is 1. The van der Waals surface area contributed by atoms with Crippen LogP contribution in [-0.4, -0.2) is 25.9 Å². The van der Waals surface area contributed by atoms with Crippen LogP contribution in [0.1, 0.15) is 12.6 Å². The second-order valence-electron chi connectivity index (χ2n) is 6.47. The van der Waals surface area contributed by atoms with Gasteiger partial charge in [-0.25, -0.2) is 4.98 Å². The average molecular weight is 406 g/mol. The molecule has 1 amide bonds. The van der Waals surface area contributed by atoms with Gasteiger partial charge in [0.05, 0.1) is 27.5 Å². The van der Waals surface area contributed by atoms with Gasteiger partial charge in [0, 0.05) is 6.07 Å². The predicted molar refractivity (Wildman–Crippen MR) is 113 cm³/mol. The molecule has 2 aromatic carbocycles. The van der Waals surface area contributed by atoms with Gasteiger partial charge in [-0.1, -0.05) is 47.3 Å². The number of hydrogen-bond acceptors (Lipinski definition) is 6.